The fourth-order valence-electron chi connectivity index (χ4n) is 4.30. The number of hydrogen-bond acceptors (Lipinski definition) is 2. The molecule has 1 fully saturated rings. The number of hydrogen-bond donors (Lipinski definition) is 0. The van der Waals surface area contributed by atoms with Gasteiger partial charge in [-0.2, -0.15) is 5.26 Å². The Bertz CT molecular complexity index is 1080. The zero-order valence-corrected chi connectivity index (χ0v) is 15.3. The Morgan fingerprint density at radius 1 is 1.26 bits per heavy atom. The normalized spacial score (nSPS) is 20.7. The number of nitrogens with zero attached hydrogens (tertiary/aromatic N) is 2. The van der Waals surface area contributed by atoms with Crippen LogP contribution in [0.15, 0.2) is 47.5 Å². The summed E-state index contributed by atoms with van der Waals surface area (Å²) in [7, 11) is 0. The molecule has 0 bridgehead atoms. The minimum Gasteiger partial charge on any atom is -0.272 e. The quantitative estimate of drug-likeness (QED) is 0.843. The van der Waals surface area contributed by atoms with Gasteiger partial charge in [0.1, 0.15) is 5.82 Å². The summed E-state index contributed by atoms with van der Waals surface area (Å²) in [6, 6.07) is 14.6. The van der Waals surface area contributed by atoms with Crippen molar-refractivity contribution in [3.05, 3.63) is 70.0 Å². The summed E-state index contributed by atoms with van der Waals surface area (Å²) in [6.45, 7) is 1.85. The largest absolute Gasteiger partial charge is 0.272 e. The molecule has 1 aliphatic heterocycles. The maximum atomic E-state index is 13.5. The van der Waals surface area contributed by atoms with Crippen molar-refractivity contribution < 1.29 is 9.18 Å². The van der Waals surface area contributed by atoms with Gasteiger partial charge in [0.25, 0.3) is 5.91 Å². The molecule has 1 unspecified atom stereocenters. The van der Waals surface area contributed by atoms with Crippen molar-refractivity contribution in [1.82, 2.24) is 0 Å². The van der Waals surface area contributed by atoms with E-state index >= 15 is 0 Å². The second kappa shape index (κ2) is 6.74. The fraction of sp³-hybridized carbons (Fsp3) is 0.348. The van der Waals surface area contributed by atoms with Gasteiger partial charge in [-0.15, -0.1) is 0 Å². The third-order valence-corrected chi connectivity index (χ3v) is 5.81. The molecule has 0 radical (unpaired) electrons. The molecule has 0 spiro atoms. The number of nitriles is 1. The molecule has 136 valence electrons. The lowest BCUT2D eigenvalue weighted by Gasteiger charge is -2.26. The van der Waals surface area contributed by atoms with Gasteiger partial charge < -0.3 is 0 Å². The summed E-state index contributed by atoms with van der Waals surface area (Å²) < 4.78 is 13.5. The molecule has 4 rings (SSSR count). The van der Waals surface area contributed by atoms with Crippen molar-refractivity contribution in [2.24, 2.45) is 10.9 Å². The highest BCUT2D eigenvalue weighted by Crippen LogP contribution is 2.32. The second-order valence-corrected chi connectivity index (χ2v) is 7.76. The summed E-state index contributed by atoms with van der Waals surface area (Å²) in [6.07, 6.45) is 4.40. The molecular formula is C23H21FN2O. The molecule has 1 aliphatic carbocycles. The molecule has 1 saturated carbocycles. The minimum atomic E-state index is -0.824. The van der Waals surface area contributed by atoms with Crippen LogP contribution < -0.4 is 10.6 Å². The molecular weight excluding hydrogens is 339 g/mol. The first-order chi connectivity index (χ1) is 13.0. The van der Waals surface area contributed by atoms with Crippen LogP contribution in [0.25, 0.3) is 5.57 Å². The van der Waals surface area contributed by atoms with Crippen LogP contribution in [0.4, 0.5) is 4.39 Å². The summed E-state index contributed by atoms with van der Waals surface area (Å²) in [4.78, 5) is 16.8. The Balaban J connectivity index is 1.79. The predicted molar refractivity (Wildman–Crippen MR) is 101 cm³/mol. The molecule has 27 heavy (non-hydrogen) atoms. The number of carbonyl (C=O) groups excluding carboxylic acids is 1. The number of benzene rings is 2. The van der Waals surface area contributed by atoms with Gasteiger partial charge in [-0.3, -0.25) is 4.79 Å². The maximum Gasteiger partial charge on any atom is 0.253 e. The molecule has 2 aromatic rings. The third-order valence-electron chi connectivity index (χ3n) is 5.81. The lowest BCUT2D eigenvalue weighted by Crippen LogP contribution is -2.40. The van der Waals surface area contributed by atoms with Gasteiger partial charge in [0.15, 0.2) is 0 Å². The van der Waals surface area contributed by atoms with Crippen LogP contribution in [0.3, 0.4) is 0 Å². The van der Waals surface area contributed by atoms with E-state index in [9.17, 15) is 14.4 Å². The third kappa shape index (κ3) is 3.19. The van der Waals surface area contributed by atoms with Crippen LogP contribution in [0, 0.1) is 23.1 Å². The average Bonchev–Trinajstić information content (AvgIpc) is 2.68. The standard InChI is InChI=1S/C23H21FN2O/c1-23(14-25,13-15-5-4-6-17(24)11-15)16-9-10-19-18-7-2-3-8-20(18)22(27)26-21(19)12-16/h4-6,9-12,20H,2-3,7-8,13H2,1H3/t20?,23-/m1/s1. The average molecular weight is 360 g/mol. The predicted octanol–water partition coefficient (Wildman–Crippen LogP) is 3.35. The van der Waals surface area contributed by atoms with Crippen molar-refractivity contribution >= 4 is 11.5 Å². The van der Waals surface area contributed by atoms with E-state index < -0.39 is 5.41 Å². The maximum absolute atomic E-state index is 13.5. The molecule has 2 aliphatic rings. The van der Waals surface area contributed by atoms with E-state index in [1.807, 2.05) is 31.2 Å². The Labute approximate surface area is 157 Å². The van der Waals surface area contributed by atoms with Crippen molar-refractivity contribution in [2.75, 3.05) is 0 Å². The summed E-state index contributed by atoms with van der Waals surface area (Å²) in [5.74, 6) is -0.427. The van der Waals surface area contributed by atoms with Crippen LogP contribution in [0.2, 0.25) is 0 Å². The van der Waals surface area contributed by atoms with E-state index in [2.05, 4.69) is 11.1 Å². The Morgan fingerprint density at radius 2 is 2.11 bits per heavy atom. The van der Waals surface area contributed by atoms with Crippen LogP contribution >= 0.6 is 0 Å². The molecule has 0 N–H and O–H groups in total. The van der Waals surface area contributed by atoms with Gasteiger partial charge >= 0.3 is 0 Å². The van der Waals surface area contributed by atoms with Gasteiger partial charge in [-0.05, 0) is 67.5 Å². The van der Waals surface area contributed by atoms with E-state index in [1.54, 1.807) is 6.07 Å². The number of halogens is 1. The zero-order chi connectivity index (χ0) is 19.0. The lowest BCUT2D eigenvalue weighted by molar-refractivity contribution is -0.120. The van der Waals surface area contributed by atoms with Crippen LogP contribution in [0.1, 0.15) is 43.7 Å². The van der Waals surface area contributed by atoms with Crippen LogP contribution in [-0.4, -0.2) is 5.91 Å². The fourth-order valence-corrected chi connectivity index (χ4v) is 4.30. The number of fused-ring (bicyclic) bond motifs is 2. The van der Waals surface area contributed by atoms with Crippen molar-refractivity contribution in [1.29, 1.82) is 5.26 Å². The number of carbonyl (C=O) groups is 1. The Kier molecular flexibility index (Phi) is 4.39. The van der Waals surface area contributed by atoms with E-state index in [1.165, 1.54) is 17.7 Å². The van der Waals surface area contributed by atoms with E-state index in [4.69, 9.17) is 0 Å². The van der Waals surface area contributed by atoms with Gasteiger partial charge in [0.2, 0.25) is 0 Å². The molecule has 3 nitrogen and oxygen atoms in total. The van der Waals surface area contributed by atoms with Crippen molar-refractivity contribution in [2.45, 2.75) is 44.4 Å². The van der Waals surface area contributed by atoms with Crippen molar-refractivity contribution in [3.63, 3.8) is 0 Å². The van der Waals surface area contributed by atoms with Crippen LogP contribution in [0.5, 0.6) is 0 Å². The van der Waals surface area contributed by atoms with Gasteiger partial charge in [-0.1, -0.05) is 30.7 Å². The highest BCUT2D eigenvalue weighted by atomic mass is 19.1. The van der Waals surface area contributed by atoms with E-state index in [0.717, 1.165) is 42.0 Å². The van der Waals surface area contributed by atoms with Gasteiger partial charge in [0, 0.05) is 5.22 Å². The van der Waals surface area contributed by atoms with Gasteiger partial charge in [-0.25, -0.2) is 9.38 Å². The minimum absolute atomic E-state index is 0.0573. The first-order valence-electron chi connectivity index (χ1n) is 9.42. The summed E-state index contributed by atoms with van der Waals surface area (Å²) in [5, 5.41) is 11.6. The molecule has 1 amide bonds. The second-order valence-electron chi connectivity index (χ2n) is 7.76. The van der Waals surface area contributed by atoms with Crippen LogP contribution in [-0.2, 0) is 16.6 Å². The van der Waals surface area contributed by atoms with Gasteiger partial charge in [0.05, 0.1) is 22.8 Å². The van der Waals surface area contributed by atoms with Crippen molar-refractivity contribution in [3.8, 4) is 6.07 Å². The molecule has 1 heterocycles. The highest BCUT2D eigenvalue weighted by Gasteiger charge is 2.31. The Hall–Kier alpha value is -2.80. The monoisotopic (exact) mass is 360 g/mol. The SMILES string of the molecule is C[C@](C#N)(Cc1cccc(F)c1)c1ccc2c(c1)=NC(=O)C1CCCCC=21. The first kappa shape index (κ1) is 17.6. The molecule has 2 aromatic carbocycles. The molecule has 0 aromatic heterocycles. The number of rotatable bonds is 3. The lowest BCUT2D eigenvalue weighted by atomic mass is 9.77. The highest BCUT2D eigenvalue weighted by molar-refractivity contribution is 5.90. The smallest absolute Gasteiger partial charge is 0.253 e. The topological polar surface area (TPSA) is 53.2 Å². The summed E-state index contributed by atoms with van der Waals surface area (Å²) >= 11 is 0. The van der Waals surface area contributed by atoms with E-state index in [-0.39, 0.29) is 17.6 Å². The Morgan fingerprint density at radius 3 is 2.89 bits per heavy atom. The molecule has 4 heteroatoms. The van der Waals surface area contributed by atoms with E-state index in [0.29, 0.717) is 11.8 Å². The zero-order valence-electron chi connectivity index (χ0n) is 15.3. The summed E-state index contributed by atoms with van der Waals surface area (Å²) in [5.41, 5.74) is 1.95. The number of amides is 1. The molecule has 0 saturated heterocycles. The first-order valence-corrected chi connectivity index (χ1v) is 9.42. The molecule has 2 atom stereocenters.